The van der Waals surface area contributed by atoms with Gasteiger partial charge in [0.25, 0.3) is 0 Å². The minimum Gasteiger partial charge on any atom is -0.508 e. The maximum absolute atomic E-state index is 12.4. The van der Waals surface area contributed by atoms with Crippen molar-refractivity contribution >= 4 is 47.7 Å². The van der Waals surface area contributed by atoms with Crippen LogP contribution in [0, 0.1) is 65.7 Å². The molecule has 0 aliphatic heterocycles. The van der Waals surface area contributed by atoms with Gasteiger partial charge in [-0.05, 0) is 303 Å². The average molecular weight is 1990 g/mol. The summed E-state index contributed by atoms with van der Waals surface area (Å²) in [7, 11) is 0. The molecule has 25 heteroatoms. The number of carboxylic acid groups (broad SMARTS) is 2. The Bertz CT molecular complexity index is 5940. The Balaban J connectivity index is 0.000000192. The molecule has 0 bridgehead atoms. The number of benzene rings is 9. The number of hydrogen-bond acceptors (Lipinski definition) is 22. The van der Waals surface area contributed by atoms with Gasteiger partial charge in [0.2, 0.25) is 17.7 Å². The number of ketones is 2. The predicted octanol–water partition coefficient (Wildman–Crippen LogP) is 23.3. The van der Waals surface area contributed by atoms with E-state index in [1.54, 1.807) is 6.07 Å². The number of fused-ring (bicyclic) bond motifs is 6. The summed E-state index contributed by atoms with van der Waals surface area (Å²) >= 11 is 0. The van der Waals surface area contributed by atoms with Crippen LogP contribution in [-0.4, -0.2) is 111 Å². The van der Waals surface area contributed by atoms with Gasteiger partial charge in [-0.25, -0.2) is 15.0 Å². The van der Waals surface area contributed by atoms with E-state index in [2.05, 4.69) is 72.1 Å². The van der Waals surface area contributed by atoms with Crippen molar-refractivity contribution in [2.75, 3.05) is 33.0 Å². The van der Waals surface area contributed by atoms with Gasteiger partial charge in [0.1, 0.15) is 40.3 Å². The number of rotatable bonds is 29. The smallest absolute Gasteiger partial charge is 0.373 e. The number of carbonyl (C=O) groups is 6. The second-order valence-electron chi connectivity index (χ2n) is 35.1. The topological polar surface area (TPSA) is 356 Å². The predicted molar refractivity (Wildman–Crippen MR) is 527 cm³/mol. The van der Waals surface area contributed by atoms with E-state index in [1.807, 2.05) is 213 Å². The van der Waals surface area contributed by atoms with E-state index in [-0.39, 0.29) is 99.4 Å². The van der Waals surface area contributed by atoms with E-state index in [9.17, 15) is 44.1 Å². The van der Waals surface area contributed by atoms with Crippen molar-refractivity contribution in [3.63, 3.8) is 0 Å². The molecule has 140 heavy (non-hydrogen) atoms. The van der Waals surface area contributed by atoms with E-state index in [1.165, 1.54) is 55.6 Å². The molecule has 12 aromatic rings. The molecule has 9 aromatic carbocycles. The molecule has 8 atom stereocenters. The molecule has 3 N–H and O–H groups in total. The Hall–Kier alpha value is -13.5. The first-order valence-corrected chi connectivity index (χ1v) is 47.9. The molecular formula is C115H128N3O21Pd-. The summed E-state index contributed by atoms with van der Waals surface area (Å²) in [5.74, 6) is 6.14. The zero-order chi connectivity index (χ0) is 98.9. The molecule has 24 nitrogen and oxygen atoms in total. The molecule has 0 radical (unpaired) electrons. The van der Waals surface area contributed by atoms with Crippen molar-refractivity contribution in [1.82, 2.24) is 15.0 Å². The van der Waals surface area contributed by atoms with Crippen LogP contribution in [0.2, 0.25) is 0 Å². The van der Waals surface area contributed by atoms with E-state index in [0.29, 0.717) is 113 Å². The molecule has 0 spiro atoms. The first-order valence-electron chi connectivity index (χ1n) is 47.9. The van der Waals surface area contributed by atoms with Crippen LogP contribution in [0.4, 0.5) is 0 Å². The molecule has 0 amide bonds. The van der Waals surface area contributed by atoms with Crippen LogP contribution in [0.1, 0.15) is 251 Å². The molecule has 3 heterocycles. The fourth-order valence-electron chi connectivity index (χ4n) is 19.5. The first-order chi connectivity index (χ1) is 66.8. The third kappa shape index (κ3) is 29.3. The summed E-state index contributed by atoms with van der Waals surface area (Å²) in [4.78, 5) is 116. The molecule has 0 saturated carbocycles. The quantitative estimate of drug-likeness (QED) is 0.0223. The van der Waals surface area contributed by atoms with Gasteiger partial charge < -0.3 is 59.7 Å². The number of ether oxygens (including phenoxy) is 5. The average Bonchev–Trinajstić information content (AvgIpc) is 1.66. The number of phenolic OH excluding ortho intramolecular Hbond substituents is 1. The minimum absolute atomic E-state index is 0. The number of phenols is 1. The zero-order valence-corrected chi connectivity index (χ0v) is 83.5. The third-order valence-electron chi connectivity index (χ3n) is 26.4. The molecular weight excluding hydrogens is 1870 g/mol. The minimum atomic E-state index is -0.700. The van der Waals surface area contributed by atoms with Gasteiger partial charge in [0, 0.05) is 80.3 Å². The van der Waals surface area contributed by atoms with Crippen LogP contribution in [-0.2, 0) is 126 Å². The Kier molecular flexibility index (Phi) is 43.0. The number of aromatic nitrogens is 3. The Morgan fingerprint density at radius 2 is 0.657 bits per heavy atom. The fourth-order valence-corrected chi connectivity index (χ4v) is 19.5. The van der Waals surface area contributed by atoms with Gasteiger partial charge in [-0.2, -0.15) is 19.2 Å². The van der Waals surface area contributed by atoms with Crippen LogP contribution in [0.5, 0.6) is 23.0 Å². The summed E-state index contributed by atoms with van der Waals surface area (Å²) in [5, 5.41) is 28.5. The summed E-state index contributed by atoms with van der Waals surface area (Å²) in [6.07, 6.45) is 16.2. The van der Waals surface area contributed by atoms with Crippen LogP contribution in [0.25, 0.3) is 34.4 Å². The number of aromatic hydroxyl groups is 1. The maximum atomic E-state index is 12.4. The Labute approximate surface area is 833 Å². The molecule has 0 fully saturated rings. The normalized spacial score (nSPS) is 15.6. The van der Waals surface area contributed by atoms with Crippen molar-refractivity contribution in [2.24, 2.45) is 23.7 Å². The first kappa shape index (κ1) is 110. The monoisotopic (exact) mass is 1990 g/mol. The van der Waals surface area contributed by atoms with E-state index < -0.39 is 11.9 Å². The zero-order valence-electron chi connectivity index (χ0n) is 82.0. The summed E-state index contributed by atoms with van der Waals surface area (Å²) in [6.45, 7) is 24.0. The molecule has 8 unspecified atom stereocenters. The van der Waals surface area contributed by atoms with Crippen molar-refractivity contribution < 1.29 is 121 Å². The van der Waals surface area contributed by atoms with Crippen LogP contribution in [0.15, 0.2) is 213 Å². The number of carboxylic acids is 2. The molecule has 0 saturated heterocycles. The van der Waals surface area contributed by atoms with E-state index in [4.69, 9.17) is 56.1 Å². The van der Waals surface area contributed by atoms with Crippen molar-refractivity contribution in [3.8, 4) is 57.4 Å². The summed E-state index contributed by atoms with van der Waals surface area (Å²) in [6, 6.07) is 65.6. The Morgan fingerprint density at radius 3 is 0.943 bits per heavy atom. The van der Waals surface area contributed by atoms with Crippen LogP contribution in [0.3, 0.4) is 0 Å². The van der Waals surface area contributed by atoms with E-state index >= 15 is 0 Å². The van der Waals surface area contributed by atoms with Gasteiger partial charge in [-0.1, -0.05) is 154 Å². The van der Waals surface area contributed by atoms with Crippen molar-refractivity contribution in [1.29, 1.82) is 0 Å². The van der Waals surface area contributed by atoms with Gasteiger partial charge >= 0.3 is 36.2 Å². The van der Waals surface area contributed by atoms with Crippen molar-refractivity contribution in [3.05, 3.63) is 320 Å². The van der Waals surface area contributed by atoms with Gasteiger partial charge in [0.15, 0.2) is 11.6 Å². The fraction of sp³-hybridized carbons (Fsp3) is 0.374. The number of hydrogen-bond donors (Lipinski definition) is 3. The van der Waals surface area contributed by atoms with Crippen molar-refractivity contribution in [2.45, 2.75) is 222 Å². The number of aryl methyl sites for hydroxylation is 11. The molecule has 6 aliphatic carbocycles. The number of carbonyl (C=O) groups excluding carboxylic acids is 8. The number of Topliss-reactive ketones (excluding diaryl/α,β-unsaturated/α-hetero) is 2. The van der Waals surface area contributed by atoms with Gasteiger partial charge in [-0.15, -0.1) is 0 Å². The number of nitrogens with zero attached hydrogens (tertiary/aromatic N) is 3. The summed E-state index contributed by atoms with van der Waals surface area (Å²) < 4.78 is 45.9. The van der Waals surface area contributed by atoms with Crippen LogP contribution >= 0.6 is 0 Å². The molecule has 6 aliphatic rings. The van der Waals surface area contributed by atoms with Gasteiger partial charge in [0.05, 0.1) is 73.8 Å². The van der Waals surface area contributed by atoms with Crippen LogP contribution < -0.4 is 14.2 Å². The number of esters is 2. The second kappa shape index (κ2) is 54.7. The maximum Gasteiger partial charge on any atom is 0.373 e. The standard InChI is InChI=1S/C27H31NO4.2C25H27NO4.C15H20O3.2C10H10O.2CO2.CH3.Pd/c1-4-22(27(29)30-5-2)24-13-11-20-17-21(12-14-23(20)24)31-16-15-25-18(3)32-26(28-25)19-9-7-6-8-10-19;2*1-3-20(25(27)28)22-11-9-18-15-19(10-12-21(18)22)29-14-13-23-16(2)30-24(26-23)17-7-5-4-6-8-17;1-3-12(15(17)18-4-2)14-7-5-10-9-11(16)6-8-13(10)14;2*1-7-2-4-9-8(6-7)3-5-10(9)11;2*2-1-3;;/h6-10,12,14,17,22,24H,4-5,11,13,15-16H2,1-3H3;2*4-8,10,12,15,20,22H,3,9,11,13-14H2,1-2H3,(H,27,28);6,8-9,12,14,16H,3-5,7H2,1-2H3;2*2,4,6H,3,5H2,1H3;;;1H3;/q;;;;;;;;-1;. The number of oxazole rings is 3. The van der Waals surface area contributed by atoms with Gasteiger partial charge in [-0.3, -0.25) is 28.8 Å². The Morgan fingerprint density at radius 1 is 0.371 bits per heavy atom. The largest absolute Gasteiger partial charge is 0.508 e. The molecule has 18 rings (SSSR count). The molecule has 3 aromatic heterocycles. The SMILES string of the molecule is CCC(C(=O)O)C1CCc2cc(OCCc3nc(-c4ccccc4)oc3C)ccc21.CCC(C(=O)O)C1CCc2cc(OCCc3nc(-c4ccccc4)oc3C)ccc21.CCOC(=O)C(CC)C1CCc2cc(O)ccc21.CCOC(=O)C(CC)C1CCc2cc(OCCc3nc(-c4ccccc4)oc3C)ccc21.Cc1ccc2c(c1)CCC2=O.Cc1ccc2c(c1)CCC2=O.O=C=O.O=C=O.[CH3-].[Pd]. The summed E-state index contributed by atoms with van der Waals surface area (Å²) in [5.41, 5.74) is 22.1. The molecule has 740 valence electrons. The van der Waals surface area contributed by atoms with E-state index in [0.717, 1.165) is 168 Å². The third-order valence-corrected chi connectivity index (χ3v) is 26.4. The second-order valence-corrected chi connectivity index (χ2v) is 35.1. The number of aliphatic carboxylic acids is 2.